The van der Waals surface area contributed by atoms with Crippen molar-refractivity contribution in [1.29, 1.82) is 0 Å². The lowest BCUT2D eigenvalue weighted by Gasteiger charge is -2.37. The largest absolute Gasteiger partial charge is 0.456 e. The van der Waals surface area contributed by atoms with Gasteiger partial charge in [-0.05, 0) is 171 Å². The Morgan fingerprint density at radius 2 is 0.443 bits per heavy atom. The number of unbranched alkanes of at least 4 members (excludes halogenated alkanes) is 1. The number of carbonyl (C=O) groups excluding carboxylic acids is 4. The molecule has 0 aromatic heterocycles. The number of esters is 4. The maximum absolute atomic E-state index is 13.2. The Kier molecular flexibility index (Phi) is 29.4. The molecule has 0 N–H and O–H groups in total. The third-order valence-electron chi connectivity index (χ3n) is 21.7. The van der Waals surface area contributed by atoms with Crippen molar-refractivity contribution in [2.45, 2.75) is 94.4 Å². The minimum absolute atomic E-state index is 0.209. The number of quaternary nitrogens is 4. The molecule has 1 unspecified atom stereocenters. The van der Waals surface area contributed by atoms with Gasteiger partial charge in [0.15, 0.2) is 0 Å². The Morgan fingerprint density at radius 1 is 0.245 bits per heavy atom. The van der Waals surface area contributed by atoms with Crippen molar-refractivity contribution in [2.75, 3.05) is 133 Å². The number of likely N-dealkylation sites (N-methyl/N-ethyl adjacent to an activating group) is 4. The van der Waals surface area contributed by atoms with Crippen LogP contribution in [0, 0.1) is 0 Å². The van der Waals surface area contributed by atoms with E-state index in [-0.39, 0.29) is 23.9 Å². The molecule has 0 radical (unpaired) electrons. The number of benzene rings is 12. The predicted octanol–water partition coefficient (Wildman–Crippen LogP) is 20.9. The molecule has 12 aromatic rings. The second-order valence-electron chi connectivity index (χ2n) is 29.4. The van der Waals surface area contributed by atoms with Crippen LogP contribution < -0.4 is 0 Å². The maximum atomic E-state index is 13.2. The molecule has 0 saturated carbocycles. The van der Waals surface area contributed by atoms with Gasteiger partial charge in [0.1, 0.15) is 52.6 Å². The zero-order valence-electron chi connectivity index (χ0n) is 65.4. The van der Waals surface area contributed by atoms with E-state index >= 15 is 0 Å². The van der Waals surface area contributed by atoms with Crippen molar-refractivity contribution in [2.24, 2.45) is 0 Å². The number of carbonyl (C=O) groups is 4. The first-order valence-corrected chi connectivity index (χ1v) is 39.0. The van der Waals surface area contributed by atoms with E-state index in [1.165, 1.54) is 12.8 Å². The van der Waals surface area contributed by atoms with E-state index < -0.39 is 0 Å². The van der Waals surface area contributed by atoms with Crippen LogP contribution in [0.1, 0.15) is 136 Å². The Balaban J connectivity index is 0.000000164. The van der Waals surface area contributed by atoms with Gasteiger partial charge in [0.2, 0.25) is 0 Å². The molecule has 12 rings (SSSR count). The molecule has 0 bridgehead atoms. The van der Waals surface area contributed by atoms with E-state index in [4.69, 9.17) is 18.9 Å². The first-order valence-electron chi connectivity index (χ1n) is 39.0. The summed E-state index contributed by atoms with van der Waals surface area (Å²) in [5.74, 6) is -0.889. The van der Waals surface area contributed by atoms with Crippen molar-refractivity contribution in [3.8, 4) is 0 Å². The highest BCUT2D eigenvalue weighted by molar-refractivity contribution is 6.19. The minimum atomic E-state index is -0.244. The highest BCUT2D eigenvalue weighted by Crippen LogP contribution is 2.34. The zero-order valence-corrected chi connectivity index (χ0v) is 65.4. The summed E-state index contributed by atoms with van der Waals surface area (Å²) < 4.78 is 26.8. The lowest BCUT2D eigenvalue weighted by molar-refractivity contribution is -0.926. The first-order chi connectivity index (χ1) is 51.4. The second-order valence-corrected chi connectivity index (χ2v) is 29.4. The molecule has 556 valence electrons. The van der Waals surface area contributed by atoms with Gasteiger partial charge in [-0.1, -0.05) is 228 Å². The molecular formula is C94H116N4O8+4. The van der Waals surface area contributed by atoms with Crippen LogP contribution in [0.25, 0.3) is 86.2 Å². The fourth-order valence-electron chi connectivity index (χ4n) is 15.3. The monoisotopic (exact) mass is 1430 g/mol. The highest BCUT2D eigenvalue weighted by Gasteiger charge is 2.28. The second kappa shape index (κ2) is 38.6. The van der Waals surface area contributed by atoms with Crippen molar-refractivity contribution in [1.82, 2.24) is 0 Å². The van der Waals surface area contributed by atoms with Crippen LogP contribution in [0.3, 0.4) is 0 Å². The summed E-state index contributed by atoms with van der Waals surface area (Å²) in [6, 6.07) is 72.8. The molecule has 12 aromatic carbocycles. The maximum Gasteiger partial charge on any atom is 0.339 e. The summed E-state index contributed by atoms with van der Waals surface area (Å²) in [6.45, 7) is 35.2. The molecule has 12 heteroatoms. The van der Waals surface area contributed by atoms with Gasteiger partial charge < -0.3 is 36.9 Å². The Hall–Kier alpha value is -9.56. The van der Waals surface area contributed by atoms with Crippen LogP contribution in [0.2, 0.25) is 0 Å². The molecular weight excluding hydrogens is 1310 g/mol. The van der Waals surface area contributed by atoms with Crippen molar-refractivity contribution >= 4 is 110 Å². The van der Waals surface area contributed by atoms with Gasteiger partial charge in [-0.2, -0.15) is 0 Å². The van der Waals surface area contributed by atoms with Gasteiger partial charge in [-0.15, -0.1) is 0 Å². The fourth-order valence-corrected chi connectivity index (χ4v) is 15.3. The number of rotatable bonds is 30. The van der Waals surface area contributed by atoms with Crippen LogP contribution in [-0.2, 0) is 18.9 Å². The number of fused-ring (bicyclic) bond motifs is 8. The molecule has 0 fully saturated rings. The van der Waals surface area contributed by atoms with Crippen LogP contribution in [-0.4, -0.2) is 174 Å². The van der Waals surface area contributed by atoms with E-state index in [2.05, 4.69) is 132 Å². The summed E-state index contributed by atoms with van der Waals surface area (Å²) in [7, 11) is 6.25. The standard InChI is InChI=1S/C26H34NO2.C25H32NO2.C23H28NO2.C20H22NO2/c1-4-7-17-27(6-3,16-5-2)18-19-29-26(28)25-23-14-10-8-12-21(23)20-22-13-9-11-15-24(22)25;1-4-15-26(6-3,16-5-2)17-18-28-25(27)24-22-13-9-7-11-20(22)19-21-12-8-10-14-23(21)24;1-4-24(5-2,6-3)15-16-26-23(25)22-20-13-9-7-11-18(20)17-19-12-8-10-14-21(19)22;1-21(2,3)12-13-23-20(22)19-17-10-6-4-8-15(17)14-16-9-5-7-11-18(16)19/h8-15,20H,4-7,16-19H2,1-3H3;7-14,19H,4-6,15-18H2,1-3H3;7-14,17H,4-6,15-16H2,1-3H3;4-11,14H,12-13H2,1-3H3/q4*+1. The lowest BCUT2D eigenvalue weighted by atomic mass is 9.97. The molecule has 1 atom stereocenters. The smallest absolute Gasteiger partial charge is 0.339 e. The Bertz CT molecular complexity index is 4690. The van der Waals surface area contributed by atoms with Crippen molar-refractivity contribution in [3.05, 3.63) is 241 Å². The topological polar surface area (TPSA) is 105 Å². The molecule has 0 heterocycles. The number of ether oxygens (including phenoxy) is 4. The molecule has 12 nitrogen and oxygen atoms in total. The van der Waals surface area contributed by atoms with Crippen LogP contribution in [0.5, 0.6) is 0 Å². The van der Waals surface area contributed by atoms with Gasteiger partial charge in [0, 0.05) is 0 Å². The fraction of sp³-hybridized carbons (Fsp3) is 0.362. The zero-order chi connectivity index (χ0) is 75.7. The number of hydrogen-bond acceptors (Lipinski definition) is 8. The van der Waals surface area contributed by atoms with E-state index in [0.717, 1.165) is 208 Å². The van der Waals surface area contributed by atoms with E-state index in [9.17, 15) is 19.2 Å². The first kappa shape index (κ1) is 80.5. The highest BCUT2D eigenvalue weighted by atomic mass is 16.5. The third kappa shape index (κ3) is 20.1. The molecule has 106 heavy (non-hydrogen) atoms. The van der Waals surface area contributed by atoms with Gasteiger partial charge >= 0.3 is 23.9 Å². The third-order valence-corrected chi connectivity index (χ3v) is 21.7. The summed E-state index contributed by atoms with van der Waals surface area (Å²) in [4.78, 5) is 52.0. The van der Waals surface area contributed by atoms with E-state index in [1.807, 2.05) is 170 Å². The molecule has 0 aliphatic carbocycles. The molecule has 0 saturated heterocycles. The van der Waals surface area contributed by atoms with E-state index in [1.54, 1.807) is 0 Å². The van der Waals surface area contributed by atoms with Crippen LogP contribution in [0.4, 0.5) is 0 Å². The summed E-state index contributed by atoms with van der Waals surface area (Å²) >= 11 is 0. The van der Waals surface area contributed by atoms with Crippen LogP contribution in [0.15, 0.2) is 218 Å². The summed E-state index contributed by atoms with van der Waals surface area (Å²) in [5, 5.41) is 16.2. The van der Waals surface area contributed by atoms with E-state index in [0.29, 0.717) is 48.7 Å². The Labute approximate surface area is 630 Å². The summed E-state index contributed by atoms with van der Waals surface area (Å²) in [6.07, 6.45) is 5.87. The quantitative estimate of drug-likeness (QED) is 0.0190. The minimum Gasteiger partial charge on any atom is -0.456 e. The molecule has 0 amide bonds. The van der Waals surface area contributed by atoms with Crippen molar-refractivity contribution < 1.29 is 56.1 Å². The molecule has 0 spiro atoms. The lowest BCUT2D eigenvalue weighted by Crippen LogP contribution is -2.51. The van der Waals surface area contributed by atoms with Crippen LogP contribution >= 0.6 is 0 Å². The molecule has 0 aliphatic rings. The molecule has 0 aliphatic heterocycles. The summed E-state index contributed by atoms with van der Waals surface area (Å²) in [5.41, 5.74) is 2.73. The average Bonchev–Trinajstić information content (AvgIpc) is 0.789. The van der Waals surface area contributed by atoms with Crippen molar-refractivity contribution in [3.63, 3.8) is 0 Å². The van der Waals surface area contributed by atoms with Gasteiger partial charge in [0.05, 0.1) is 102 Å². The predicted molar refractivity (Wildman–Crippen MR) is 443 cm³/mol. The normalized spacial score (nSPS) is 12.3. The van der Waals surface area contributed by atoms with Gasteiger partial charge in [-0.25, -0.2) is 19.2 Å². The Morgan fingerprint density at radius 3 is 0.642 bits per heavy atom. The number of hydrogen-bond donors (Lipinski definition) is 0. The number of nitrogens with zero attached hydrogens (tertiary/aromatic N) is 4. The SMILES string of the molecule is CCCC[N+](CC)(CCC)CCOC(=O)c1c2ccccc2cc2ccccc12.CCC[N+](CC)(CCC)CCOC(=O)c1c2ccccc2cc2ccccc12.CC[N+](CC)(CC)CCOC(=O)c1c2ccccc2cc2ccccc12.C[N+](C)(C)CCOC(=O)c1c2ccccc2cc2ccccc12. The van der Waals surface area contributed by atoms with Gasteiger partial charge in [-0.3, -0.25) is 0 Å². The van der Waals surface area contributed by atoms with Gasteiger partial charge in [0.25, 0.3) is 0 Å². The average molecular weight is 1430 g/mol.